The van der Waals surface area contributed by atoms with Crippen molar-refractivity contribution in [1.82, 2.24) is 5.32 Å². The summed E-state index contributed by atoms with van der Waals surface area (Å²) in [6.07, 6.45) is 3.30. The van der Waals surface area contributed by atoms with E-state index in [-0.39, 0.29) is 12.1 Å². The molecule has 2 N–H and O–H groups in total. The Kier molecular flexibility index (Phi) is 6.34. The van der Waals surface area contributed by atoms with Crippen LogP contribution in [0.2, 0.25) is 0 Å². The van der Waals surface area contributed by atoms with Crippen LogP contribution in [0.15, 0.2) is 12.1 Å². The Morgan fingerprint density at radius 3 is 2.39 bits per heavy atom. The minimum Gasteiger partial charge on any atom is -0.493 e. The van der Waals surface area contributed by atoms with Gasteiger partial charge >= 0.3 is 6.03 Å². The summed E-state index contributed by atoms with van der Waals surface area (Å²) >= 11 is 0. The van der Waals surface area contributed by atoms with E-state index in [4.69, 9.17) is 18.9 Å². The van der Waals surface area contributed by atoms with E-state index in [2.05, 4.69) is 10.6 Å². The Balaban J connectivity index is 1.96. The third-order valence-electron chi connectivity index (χ3n) is 3.69. The number of urea groups is 1. The van der Waals surface area contributed by atoms with Crippen molar-refractivity contribution in [1.29, 1.82) is 0 Å². The molecule has 1 heterocycles. The number of rotatable bonds is 6. The topological polar surface area (TPSA) is 78.1 Å². The number of hydrogen-bond donors (Lipinski definition) is 2. The van der Waals surface area contributed by atoms with Crippen LogP contribution in [0, 0.1) is 0 Å². The van der Waals surface area contributed by atoms with Crippen LogP contribution in [-0.2, 0) is 4.74 Å². The Morgan fingerprint density at radius 1 is 1.17 bits per heavy atom. The average molecular weight is 324 g/mol. The highest BCUT2D eigenvalue weighted by Crippen LogP contribution is 2.39. The van der Waals surface area contributed by atoms with Gasteiger partial charge in [0.15, 0.2) is 11.5 Å². The summed E-state index contributed by atoms with van der Waals surface area (Å²) in [5.74, 6) is 1.45. The van der Waals surface area contributed by atoms with E-state index in [1.54, 1.807) is 12.1 Å². The van der Waals surface area contributed by atoms with Gasteiger partial charge in [-0.05, 0) is 19.3 Å². The first-order valence-corrected chi connectivity index (χ1v) is 7.64. The highest BCUT2D eigenvalue weighted by molar-refractivity contribution is 5.90. The number of methoxy groups -OCH3 is 3. The van der Waals surface area contributed by atoms with Crippen LogP contribution in [0.4, 0.5) is 10.5 Å². The van der Waals surface area contributed by atoms with E-state index in [0.29, 0.717) is 29.5 Å². The molecule has 0 saturated carbocycles. The van der Waals surface area contributed by atoms with Gasteiger partial charge in [0.2, 0.25) is 5.75 Å². The number of hydrogen-bond acceptors (Lipinski definition) is 5. The zero-order valence-corrected chi connectivity index (χ0v) is 13.8. The number of nitrogens with one attached hydrogen (secondary N) is 2. The molecule has 0 aliphatic carbocycles. The molecule has 0 radical (unpaired) electrons. The van der Waals surface area contributed by atoms with Crippen LogP contribution < -0.4 is 24.8 Å². The molecule has 1 unspecified atom stereocenters. The Morgan fingerprint density at radius 2 is 1.87 bits per heavy atom. The van der Waals surface area contributed by atoms with Gasteiger partial charge in [0, 0.05) is 25.3 Å². The number of ether oxygens (including phenoxy) is 4. The van der Waals surface area contributed by atoms with Gasteiger partial charge in [-0.3, -0.25) is 0 Å². The molecule has 2 rings (SSSR count). The molecule has 2 amide bonds. The summed E-state index contributed by atoms with van der Waals surface area (Å²) in [5.41, 5.74) is 0.557. The molecular weight excluding hydrogens is 300 g/mol. The van der Waals surface area contributed by atoms with Crippen molar-refractivity contribution in [3.05, 3.63) is 12.1 Å². The monoisotopic (exact) mass is 324 g/mol. The third kappa shape index (κ3) is 4.66. The summed E-state index contributed by atoms with van der Waals surface area (Å²) in [5, 5.41) is 5.58. The van der Waals surface area contributed by atoms with E-state index in [9.17, 15) is 4.79 Å². The van der Waals surface area contributed by atoms with Crippen molar-refractivity contribution in [2.75, 3.05) is 39.8 Å². The molecule has 1 aliphatic rings. The third-order valence-corrected chi connectivity index (χ3v) is 3.69. The second kappa shape index (κ2) is 8.47. The summed E-state index contributed by atoms with van der Waals surface area (Å²) in [6.45, 7) is 1.26. The first-order valence-electron chi connectivity index (χ1n) is 7.64. The SMILES string of the molecule is COc1cc(NC(=O)NCC2CCCCO2)cc(OC)c1OC. The van der Waals surface area contributed by atoms with E-state index in [1.807, 2.05) is 0 Å². The van der Waals surface area contributed by atoms with E-state index in [0.717, 1.165) is 25.9 Å². The van der Waals surface area contributed by atoms with Gasteiger partial charge in [0.1, 0.15) is 0 Å². The lowest BCUT2D eigenvalue weighted by Crippen LogP contribution is -2.37. The Labute approximate surface area is 136 Å². The van der Waals surface area contributed by atoms with Crippen molar-refractivity contribution < 1.29 is 23.7 Å². The molecule has 23 heavy (non-hydrogen) atoms. The van der Waals surface area contributed by atoms with Gasteiger partial charge < -0.3 is 29.6 Å². The van der Waals surface area contributed by atoms with Crippen LogP contribution in [0.3, 0.4) is 0 Å². The normalized spacial score (nSPS) is 17.3. The minimum absolute atomic E-state index is 0.0921. The first-order chi connectivity index (χ1) is 11.2. The molecule has 1 saturated heterocycles. The van der Waals surface area contributed by atoms with Gasteiger partial charge in [-0.1, -0.05) is 0 Å². The number of carbonyl (C=O) groups is 1. The summed E-state index contributed by atoms with van der Waals surface area (Å²) in [6, 6.07) is 3.06. The van der Waals surface area contributed by atoms with Gasteiger partial charge in [-0.2, -0.15) is 0 Å². The highest BCUT2D eigenvalue weighted by atomic mass is 16.5. The number of benzene rings is 1. The molecular formula is C16H24N2O5. The molecule has 1 aliphatic heterocycles. The predicted octanol–water partition coefficient (Wildman–Crippen LogP) is 2.40. The number of carbonyl (C=O) groups excluding carboxylic acids is 1. The van der Waals surface area contributed by atoms with E-state index in [1.165, 1.54) is 21.3 Å². The predicted molar refractivity (Wildman–Crippen MR) is 86.7 cm³/mol. The fourth-order valence-electron chi connectivity index (χ4n) is 2.50. The Hall–Kier alpha value is -2.15. The molecule has 0 spiro atoms. The van der Waals surface area contributed by atoms with Crippen molar-refractivity contribution in [2.24, 2.45) is 0 Å². The van der Waals surface area contributed by atoms with Gasteiger partial charge in [-0.25, -0.2) is 4.79 Å². The number of anilines is 1. The quantitative estimate of drug-likeness (QED) is 0.840. The zero-order chi connectivity index (χ0) is 16.7. The lowest BCUT2D eigenvalue weighted by Gasteiger charge is -2.22. The van der Waals surface area contributed by atoms with E-state index < -0.39 is 0 Å². The second-order valence-electron chi connectivity index (χ2n) is 5.24. The first kappa shape index (κ1) is 17.2. The van der Waals surface area contributed by atoms with Crippen LogP contribution in [-0.4, -0.2) is 46.6 Å². The largest absolute Gasteiger partial charge is 0.493 e. The fourth-order valence-corrected chi connectivity index (χ4v) is 2.50. The lowest BCUT2D eigenvalue weighted by atomic mass is 10.1. The van der Waals surface area contributed by atoms with Crippen molar-refractivity contribution >= 4 is 11.7 Å². The van der Waals surface area contributed by atoms with Crippen LogP contribution in [0.1, 0.15) is 19.3 Å². The standard InChI is InChI=1S/C16H24N2O5/c1-20-13-8-11(9-14(21-2)15(13)22-3)18-16(19)17-10-12-6-4-5-7-23-12/h8-9,12H,4-7,10H2,1-3H3,(H2,17,18,19). The zero-order valence-electron chi connectivity index (χ0n) is 13.8. The maximum Gasteiger partial charge on any atom is 0.319 e. The van der Waals surface area contributed by atoms with Crippen LogP contribution in [0.25, 0.3) is 0 Å². The van der Waals surface area contributed by atoms with E-state index >= 15 is 0 Å². The van der Waals surface area contributed by atoms with Crippen LogP contribution >= 0.6 is 0 Å². The highest BCUT2D eigenvalue weighted by Gasteiger charge is 2.16. The maximum absolute atomic E-state index is 12.0. The van der Waals surface area contributed by atoms with Crippen molar-refractivity contribution in [3.8, 4) is 17.2 Å². The second-order valence-corrected chi connectivity index (χ2v) is 5.24. The number of amides is 2. The summed E-state index contributed by atoms with van der Waals surface area (Å²) in [4.78, 5) is 12.0. The maximum atomic E-state index is 12.0. The lowest BCUT2D eigenvalue weighted by molar-refractivity contribution is 0.0187. The molecule has 1 aromatic carbocycles. The molecule has 7 heteroatoms. The molecule has 1 atom stereocenters. The molecule has 0 bridgehead atoms. The van der Waals surface area contributed by atoms with Crippen molar-refractivity contribution in [2.45, 2.75) is 25.4 Å². The molecule has 0 aromatic heterocycles. The molecule has 1 fully saturated rings. The summed E-state index contributed by atoms with van der Waals surface area (Å²) in [7, 11) is 4.59. The molecule has 7 nitrogen and oxygen atoms in total. The Bertz CT molecular complexity index is 504. The summed E-state index contributed by atoms with van der Waals surface area (Å²) < 4.78 is 21.4. The smallest absolute Gasteiger partial charge is 0.319 e. The minimum atomic E-state index is -0.298. The average Bonchev–Trinajstić information content (AvgIpc) is 2.59. The van der Waals surface area contributed by atoms with Gasteiger partial charge in [0.25, 0.3) is 0 Å². The molecule has 1 aromatic rings. The van der Waals surface area contributed by atoms with Gasteiger partial charge in [0.05, 0.1) is 33.1 Å². The van der Waals surface area contributed by atoms with Crippen molar-refractivity contribution in [3.63, 3.8) is 0 Å². The van der Waals surface area contributed by atoms with Gasteiger partial charge in [-0.15, -0.1) is 0 Å². The fraction of sp³-hybridized carbons (Fsp3) is 0.562. The van der Waals surface area contributed by atoms with Crippen LogP contribution in [0.5, 0.6) is 17.2 Å². The molecule has 128 valence electrons.